The third kappa shape index (κ3) is 6.15. The Labute approximate surface area is 135 Å². The van der Waals surface area contributed by atoms with Crippen LogP contribution in [0.1, 0.15) is 32.6 Å². The summed E-state index contributed by atoms with van der Waals surface area (Å²) in [6.45, 7) is 2.54. The Balaban J connectivity index is 1.56. The van der Waals surface area contributed by atoms with Gasteiger partial charge in [0, 0.05) is 0 Å². The minimum Gasteiger partial charge on any atom is -0.473 e. The van der Waals surface area contributed by atoms with Gasteiger partial charge in [-0.2, -0.15) is 4.98 Å². The minimum atomic E-state index is -0.376. The highest BCUT2D eigenvalue weighted by atomic mass is 35.5. The molecule has 0 aromatic carbocycles. The monoisotopic (exact) mass is 328 g/mol. The van der Waals surface area contributed by atoms with Crippen molar-refractivity contribution in [1.82, 2.24) is 9.97 Å². The number of carbonyl (C=O) groups is 1. The molecule has 1 saturated carbocycles. The molecule has 1 aromatic rings. The molecular formula is C15H21ClN2O4. The molecule has 22 heavy (non-hydrogen) atoms. The summed E-state index contributed by atoms with van der Waals surface area (Å²) in [6.07, 6.45) is 7.48. The molecule has 1 fully saturated rings. The molecule has 1 heterocycles. The number of halogens is 1. The Bertz CT molecular complexity index is 486. The van der Waals surface area contributed by atoms with Crippen LogP contribution >= 0.6 is 11.6 Å². The lowest BCUT2D eigenvalue weighted by Gasteiger charge is -2.26. The van der Waals surface area contributed by atoms with E-state index < -0.39 is 0 Å². The average molecular weight is 329 g/mol. The van der Waals surface area contributed by atoms with Crippen LogP contribution in [0.3, 0.4) is 0 Å². The van der Waals surface area contributed by atoms with Gasteiger partial charge in [0.1, 0.15) is 19.8 Å². The van der Waals surface area contributed by atoms with Crippen molar-refractivity contribution >= 4 is 17.6 Å². The van der Waals surface area contributed by atoms with E-state index in [2.05, 4.69) is 16.9 Å². The summed E-state index contributed by atoms with van der Waals surface area (Å²) in [7, 11) is 0. The summed E-state index contributed by atoms with van der Waals surface area (Å²) in [6, 6.07) is 0. The summed E-state index contributed by atoms with van der Waals surface area (Å²) in [5.41, 5.74) is 0. The number of hydrogen-bond donors (Lipinski definition) is 0. The first-order valence-corrected chi connectivity index (χ1v) is 7.89. The van der Waals surface area contributed by atoms with E-state index in [-0.39, 0.29) is 37.0 Å². The molecule has 2 atom stereocenters. The van der Waals surface area contributed by atoms with Crippen molar-refractivity contribution in [2.75, 3.05) is 19.8 Å². The van der Waals surface area contributed by atoms with Crippen LogP contribution in [0.4, 0.5) is 0 Å². The number of nitrogens with zero attached hydrogens (tertiary/aromatic N) is 2. The molecule has 0 radical (unpaired) electrons. The van der Waals surface area contributed by atoms with Crippen molar-refractivity contribution in [3.63, 3.8) is 0 Å². The number of hydrogen-bond acceptors (Lipinski definition) is 6. The third-order valence-corrected chi connectivity index (χ3v) is 3.69. The second kappa shape index (κ2) is 8.90. The maximum Gasteiger partial charge on any atom is 0.332 e. The summed E-state index contributed by atoms with van der Waals surface area (Å²) in [5, 5.41) is 0.254. The van der Waals surface area contributed by atoms with Gasteiger partial charge in [-0.3, -0.25) is 4.98 Å². The number of rotatable bonds is 7. The minimum absolute atomic E-state index is 0.00560. The van der Waals surface area contributed by atoms with Crippen molar-refractivity contribution in [2.45, 2.75) is 38.7 Å². The van der Waals surface area contributed by atoms with Crippen LogP contribution in [0.5, 0.6) is 5.88 Å². The highest BCUT2D eigenvalue weighted by Crippen LogP contribution is 2.25. The molecule has 0 saturated heterocycles. The van der Waals surface area contributed by atoms with Gasteiger partial charge in [0.05, 0.1) is 18.5 Å². The van der Waals surface area contributed by atoms with E-state index in [1.165, 1.54) is 18.8 Å². The maximum atomic E-state index is 11.6. The summed E-state index contributed by atoms with van der Waals surface area (Å²) in [5.74, 6) is 0.594. The van der Waals surface area contributed by atoms with E-state index in [0.717, 1.165) is 19.3 Å². The topological polar surface area (TPSA) is 70.5 Å². The highest BCUT2D eigenvalue weighted by molar-refractivity contribution is 6.29. The fraction of sp³-hybridized carbons (Fsp3) is 0.667. The summed E-state index contributed by atoms with van der Waals surface area (Å²) >= 11 is 5.68. The van der Waals surface area contributed by atoms with Crippen LogP contribution in [-0.4, -0.2) is 41.9 Å². The van der Waals surface area contributed by atoms with Crippen molar-refractivity contribution in [2.24, 2.45) is 5.92 Å². The van der Waals surface area contributed by atoms with E-state index in [1.807, 2.05) is 0 Å². The zero-order valence-corrected chi connectivity index (χ0v) is 13.4. The predicted octanol–water partition coefficient (Wildman–Crippen LogP) is 2.65. The van der Waals surface area contributed by atoms with Crippen molar-refractivity contribution < 1.29 is 19.0 Å². The molecule has 1 aromatic heterocycles. The van der Waals surface area contributed by atoms with Gasteiger partial charge in [0.2, 0.25) is 5.88 Å². The van der Waals surface area contributed by atoms with Crippen LogP contribution in [0.2, 0.25) is 5.15 Å². The van der Waals surface area contributed by atoms with Crippen molar-refractivity contribution in [1.29, 1.82) is 0 Å². The van der Waals surface area contributed by atoms with Crippen LogP contribution in [0.25, 0.3) is 0 Å². The molecule has 6 nitrogen and oxygen atoms in total. The Morgan fingerprint density at radius 1 is 1.36 bits per heavy atom. The molecule has 7 heteroatoms. The van der Waals surface area contributed by atoms with Crippen LogP contribution in [-0.2, 0) is 14.3 Å². The van der Waals surface area contributed by atoms with Gasteiger partial charge >= 0.3 is 5.97 Å². The molecule has 122 valence electrons. The Hall–Kier alpha value is -1.40. The van der Waals surface area contributed by atoms with E-state index >= 15 is 0 Å². The second-order valence-electron chi connectivity index (χ2n) is 5.45. The van der Waals surface area contributed by atoms with Crippen molar-refractivity contribution in [3.05, 3.63) is 17.5 Å². The third-order valence-electron chi connectivity index (χ3n) is 3.50. The SMILES string of the molecule is CC1CCCC(OCC(=O)OCCOc2cncc(Cl)n2)C1. The normalized spacial score (nSPS) is 21.4. The molecule has 1 aliphatic rings. The lowest BCUT2D eigenvalue weighted by Crippen LogP contribution is -2.25. The fourth-order valence-corrected chi connectivity index (χ4v) is 2.59. The Morgan fingerprint density at radius 2 is 2.23 bits per heavy atom. The summed E-state index contributed by atoms with van der Waals surface area (Å²) < 4.78 is 15.9. The molecule has 2 unspecified atom stereocenters. The largest absolute Gasteiger partial charge is 0.473 e. The molecule has 2 rings (SSSR count). The molecule has 0 N–H and O–H groups in total. The van der Waals surface area contributed by atoms with E-state index in [4.69, 9.17) is 25.8 Å². The highest BCUT2D eigenvalue weighted by Gasteiger charge is 2.20. The van der Waals surface area contributed by atoms with Crippen LogP contribution < -0.4 is 4.74 Å². The summed E-state index contributed by atoms with van der Waals surface area (Å²) in [4.78, 5) is 19.3. The number of carbonyl (C=O) groups excluding carboxylic acids is 1. The molecule has 0 aliphatic heterocycles. The molecular weight excluding hydrogens is 308 g/mol. The van der Waals surface area contributed by atoms with Crippen LogP contribution in [0, 0.1) is 5.92 Å². The first-order valence-electron chi connectivity index (χ1n) is 7.51. The smallest absolute Gasteiger partial charge is 0.332 e. The fourth-order valence-electron chi connectivity index (χ4n) is 2.45. The first kappa shape index (κ1) is 17.0. The first-order chi connectivity index (χ1) is 10.6. The Kier molecular flexibility index (Phi) is 6.86. The molecule has 1 aliphatic carbocycles. The van der Waals surface area contributed by atoms with Gasteiger partial charge in [-0.05, 0) is 18.8 Å². The lowest BCUT2D eigenvalue weighted by atomic mass is 9.89. The maximum absolute atomic E-state index is 11.6. The van der Waals surface area contributed by atoms with Gasteiger partial charge < -0.3 is 14.2 Å². The average Bonchev–Trinajstić information content (AvgIpc) is 2.50. The van der Waals surface area contributed by atoms with Gasteiger partial charge in [-0.25, -0.2) is 4.79 Å². The number of aromatic nitrogens is 2. The van der Waals surface area contributed by atoms with Crippen LogP contribution in [0.15, 0.2) is 12.4 Å². The quantitative estimate of drug-likeness (QED) is 0.566. The molecule has 0 amide bonds. The standard InChI is InChI=1S/C15H21ClN2O4/c1-11-3-2-4-12(7-11)22-10-15(19)21-6-5-20-14-9-17-8-13(16)18-14/h8-9,11-12H,2-7,10H2,1H3. The zero-order valence-electron chi connectivity index (χ0n) is 12.7. The van der Waals surface area contributed by atoms with Gasteiger partial charge in [-0.1, -0.05) is 31.4 Å². The van der Waals surface area contributed by atoms with Gasteiger partial charge in [-0.15, -0.1) is 0 Å². The lowest BCUT2D eigenvalue weighted by molar-refractivity contribution is -0.152. The zero-order chi connectivity index (χ0) is 15.8. The Morgan fingerprint density at radius 3 is 3.00 bits per heavy atom. The molecule has 0 bridgehead atoms. The van der Waals surface area contributed by atoms with E-state index in [1.54, 1.807) is 0 Å². The van der Waals surface area contributed by atoms with Gasteiger partial charge in [0.25, 0.3) is 0 Å². The second-order valence-corrected chi connectivity index (χ2v) is 5.84. The van der Waals surface area contributed by atoms with Gasteiger partial charge in [0.15, 0.2) is 5.15 Å². The molecule has 0 spiro atoms. The van der Waals surface area contributed by atoms with E-state index in [9.17, 15) is 4.79 Å². The predicted molar refractivity (Wildman–Crippen MR) is 80.9 cm³/mol. The number of esters is 1. The van der Waals surface area contributed by atoms with E-state index in [0.29, 0.717) is 11.8 Å². The van der Waals surface area contributed by atoms with Crippen molar-refractivity contribution in [3.8, 4) is 5.88 Å². The number of ether oxygens (including phenoxy) is 3.